The zero-order chi connectivity index (χ0) is 28.3. The molecule has 2 aliphatic rings. The van der Waals surface area contributed by atoms with Crippen molar-refractivity contribution in [2.24, 2.45) is 5.10 Å². The van der Waals surface area contributed by atoms with Crippen molar-refractivity contribution in [3.8, 4) is 5.88 Å². The summed E-state index contributed by atoms with van der Waals surface area (Å²) in [5.74, 6) is 0.346. The number of methoxy groups -OCH3 is 1. The van der Waals surface area contributed by atoms with Gasteiger partial charge in [-0.05, 0) is 42.3 Å². The lowest BCUT2D eigenvalue weighted by Crippen LogP contribution is -2.57. The highest BCUT2D eigenvalue weighted by Gasteiger charge is 2.39. The smallest absolute Gasteiger partial charge is 0.433 e. The molecule has 9 nitrogen and oxygen atoms in total. The summed E-state index contributed by atoms with van der Waals surface area (Å²) in [6.07, 6.45) is -1.52. The van der Waals surface area contributed by atoms with Crippen LogP contribution in [0.5, 0.6) is 5.88 Å². The van der Waals surface area contributed by atoms with Crippen molar-refractivity contribution in [2.75, 3.05) is 20.7 Å². The van der Waals surface area contributed by atoms with Gasteiger partial charge < -0.3 is 4.74 Å². The highest BCUT2D eigenvalue weighted by molar-refractivity contribution is 6.43. The number of carbonyl (C=O) groups is 2. The highest BCUT2D eigenvalue weighted by atomic mass is 35.5. The van der Waals surface area contributed by atoms with E-state index in [2.05, 4.69) is 20.5 Å². The minimum atomic E-state index is -4.33. The molecule has 4 heterocycles. The molecule has 1 aromatic carbocycles. The maximum absolute atomic E-state index is 13.2. The van der Waals surface area contributed by atoms with Gasteiger partial charge in [0.05, 0.1) is 12.7 Å². The first-order valence-electron chi connectivity index (χ1n) is 11.4. The minimum absolute atomic E-state index is 0.0119. The number of amides is 2. The summed E-state index contributed by atoms with van der Waals surface area (Å²) in [6.45, 7) is 1.68. The van der Waals surface area contributed by atoms with Gasteiger partial charge in [-0.15, -0.1) is 0 Å². The average molecular weight is 559 g/mol. The lowest BCUT2D eigenvalue weighted by Gasteiger charge is -2.41. The Labute approximate surface area is 226 Å². The van der Waals surface area contributed by atoms with E-state index in [1.54, 1.807) is 61.6 Å². The van der Waals surface area contributed by atoms with Crippen molar-refractivity contribution in [2.45, 2.75) is 13.1 Å². The van der Waals surface area contributed by atoms with Gasteiger partial charge >= 0.3 is 6.18 Å². The summed E-state index contributed by atoms with van der Waals surface area (Å²) in [6, 6.07) is 12.8. The van der Waals surface area contributed by atoms with Crippen LogP contribution < -0.4 is 10.2 Å². The number of nitrogens with one attached hydrogen (secondary N) is 1. The molecular weight excluding hydrogens is 537 g/mol. The second-order valence-corrected chi connectivity index (χ2v) is 8.86. The summed E-state index contributed by atoms with van der Waals surface area (Å²) in [7, 11) is 3.14. The fourth-order valence-electron chi connectivity index (χ4n) is 3.78. The maximum atomic E-state index is 13.2. The van der Waals surface area contributed by atoms with E-state index in [-0.39, 0.29) is 18.4 Å². The van der Waals surface area contributed by atoms with E-state index in [1.165, 1.54) is 24.4 Å². The molecule has 2 amide bonds. The van der Waals surface area contributed by atoms with Crippen LogP contribution in [0.3, 0.4) is 0 Å². The number of hydrogen-bond acceptors (Lipinski definition) is 7. The zero-order valence-electron chi connectivity index (χ0n) is 21.0. The van der Waals surface area contributed by atoms with Crippen LogP contribution in [0.1, 0.15) is 22.4 Å². The molecular formula is C26H22ClF3N6O3. The van der Waals surface area contributed by atoms with Gasteiger partial charge in [0, 0.05) is 41.7 Å². The van der Waals surface area contributed by atoms with Crippen molar-refractivity contribution < 1.29 is 27.5 Å². The Kier molecular flexibility index (Phi) is 7.86. The van der Waals surface area contributed by atoms with E-state index >= 15 is 0 Å². The summed E-state index contributed by atoms with van der Waals surface area (Å²) in [4.78, 5) is 32.5. The lowest BCUT2D eigenvalue weighted by molar-refractivity contribution is -0.141. The quantitative estimate of drug-likeness (QED) is 0.517. The number of hydrogen-bond donors (Lipinski definition) is 1. The Morgan fingerprint density at radius 1 is 0.949 bits per heavy atom. The van der Waals surface area contributed by atoms with Gasteiger partial charge in [-0.25, -0.2) is 10.4 Å². The number of nitrogens with zero attached hydrogens (tertiary/aromatic N) is 5. The molecule has 5 rings (SSSR count). The molecule has 1 N–H and O–H groups in total. The van der Waals surface area contributed by atoms with Crippen LogP contribution in [0, 0.1) is 6.92 Å². The third-order valence-electron chi connectivity index (χ3n) is 5.74. The second kappa shape index (κ2) is 11.1. The van der Waals surface area contributed by atoms with E-state index in [4.69, 9.17) is 16.3 Å². The molecule has 0 radical (unpaired) electrons. The first-order chi connectivity index (χ1) is 18.5. The van der Waals surface area contributed by atoms with Crippen molar-refractivity contribution >= 4 is 40.4 Å². The van der Waals surface area contributed by atoms with E-state index in [0.29, 0.717) is 39.0 Å². The van der Waals surface area contributed by atoms with Gasteiger partial charge in [-0.1, -0.05) is 29.8 Å². The number of pyridine rings is 2. The number of alkyl halides is 3. The Morgan fingerprint density at radius 3 is 2.21 bits per heavy atom. The fourth-order valence-corrected chi connectivity index (χ4v) is 3.91. The third-order valence-corrected chi connectivity index (χ3v) is 5.99. The number of carbonyl (C=O) groups excluding carboxylic acids is 2. The highest BCUT2D eigenvalue weighted by Crippen LogP contribution is 2.35. The summed E-state index contributed by atoms with van der Waals surface area (Å²) >= 11 is 6.01. The number of hydrazone groups is 1. The van der Waals surface area contributed by atoms with Crippen LogP contribution in [0.4, 0.5) is 13.2 Å². The van der Waals surface area contributed by atoms with Gasteiger partial charge in [0.15, 0.2) is 5.84 Å². The van der Waals surface area contributed by atoms with Crippen molar-refractivity contribution in [1.82, 2.24) is 25.4 Å². The molecule has 0 fully saturated rings. The molecule has 0 saturated carbocycles. The number of halogens is 4. The van der Waals surface area contributed by atoms with Gasteiger partial charge in [-0.3, -0.25) is 24.6 Å². The number of aryl methyl sites for hydroxylation is 1. The Bertz CT molecular complexity index is 1440. The SMILES string of the molecule is COc1ccc(C2=C(c3ccc(Cl)cc3)C(=O)N(C)N3CC(=O)NN=C23)cn1.Cc1ccc(C(F)(F)F)nc1. The Balaban J connectivity index is 0.000000270. The number of aromatic nitrogens is 2. The van der Waals surface area contributed by atoms with E-state index < -0.39 is 11.9 Å². The topological polar surface area (TPSA) is 100 Å². The van der Waals surface area contributed by atoms with Crippen LogP contribution in [-0.2, 0) is 15.8 Å². The molecule has 3 aromatic rings. The van der Waals surface area contributed by atoms with Crippen LogP contribution in [0.2, 0.25) is 5.02 Å². The standard InChI is InChI=1S/C19H16ClN5O3.C7H6F3N/c1-24-19(27)17(11-3-6-13(20)7-4-11)16(12-5-8-15(28-2)21-9-12)18-23-22-14(26)10-25(18)24;1-5-2-3-6(11-4-5)7(8,9)10/h3-9H,10H2,1-2H3,(H,22,26);2-4H,1H3. The van der Waals surface area contributed by atoms with Crippen LogP contribution in [0.15, 0.2) is 66.0 Å². The van der Waals surface area contributed by atoms with Gasteiger partial charge in [-0.2, -0.15) is 18.3 Å². The third kappa shape index (κ3) is 6.01. The number of likely N-dealkylation sites (N-methyl/N-ethyl adjacent to an activating group) is 1. The van der Waals surface area contributed by atoms with Crippen molar-refractivity contribution in [3.63, 3.8) is 0 Å². The summed E-state index contributed by atoms with van der Waals surface area (Å²) in [5, 5.41) is 7.72. The van der Waals surface area contributed by atoms with Gasteiger partial charge in [0.1, 0.15) is 12.2 Å². The predicted octanol–water partition coefficient (Wildman–Crippen LogP) is 4.20. The first-order valence-corrected chi connectivity index (χ1v) is 11.8. The molecule has 0 unspecified atom stereocenters. The van der Waals surface area contributed by atoms with Gasteiger partial charge in [0.25, 0.3) is 11.8 Å². The molecule has 202 valence electrons. The molecule has 2 aromatic heterocycles. The Hall–Kier alpha value is -4.45. The Morgan fingerprint density at radius 2 is 1.64 bits per heavy atom. The second-order valence-electron chi connectivity index (χ2n) is 8.42. The largest absolute Gasteiger partial charge is 0.481 e. The van der Waals surface area contributed by atoms with Crippen molar-refractivity contribution in [3.05, 3.63) is 88.3 Å². The summed E-state index contributed by atoms with van der Waals surface area (Å²) < 4.78 is 40.7. The van der Waals surface area contributed by atoms with Crippen molar-refractivity contribution in [1.29, 1.82) is 0 Å². The average Bonchev–Trinajstić information content (AvgIpc) is 2.91. The lowest BCUT2D eigenvalue weighted by atomic mass is 9.91. The minimum Gasteiger partial charge on any atom is -0.481 e. The molecule has 39 heavy (non-hydrogen) atoms. The molecule has 13 heteroatoms. The molecule has 0 aliphatic carbocycles. The number of benzene rings is 1. The number of amidine groups is 1. The van der Waals surface area contributed by atoms with E-state index in [1.807, 2.05) is 0 Å². The number of fused-ring (bicyclic) bond motifs is 1. The van der Waals surface area contributed by atoms with E-state index in [9.17, 15) is 22.8 Å². The van der Waals surface area contributed by atoms with Crippen LogP contribution in [-0.4, -0.2) is 58.3 Å². The molecule has 0 spiro atoms. The number of ether oxygens (including phenoxy) is 1. The summed E-state index contributed by atoms with van der Waals surface area (Å²) in [5.41, 5.74) is 4.74. The monoisotopic (exact) mass is 558 g/mol. The molecule has 0 atom stereocenters. The number of rotatable bonds is 3. The fraction of sp³-hybridized carbons (Fsp3) is 0.192. The van der Waals surface area contributed by atoms with Gasteiger partial charge in [0.2, 0.25) is 5.88 Å². The maximum Gasteiger partial charge on any atom is 0.433 e. The molecule has 2 aliphatic heterocycles. The first kappa shape index (κ1) is 27.6. The zero-order valence-corrected chi connectivity index (χ0v) is 21.7. The van der Waals surface area contributed by atoms with E-state index in [0.717, 1.165) is 11.6 Å². The normalized spacial score (nSPS) is 15.2. The molecule has 0 bridgehead atoms. The van der Waals surface area contributed by atoms with Crippen LogP contribution in [0.25, 0.3) is 11.1 Å². The number of hydrazine groups is 1. The predicted molar refractivity (Wildman–Crippen MR) is 138 cm³/mol. The molecule has 0 saturated heterocycles. The van der Waals surface area contributed by atoms with Crippen LogP contribution >= 0.6 is 11.6 Å².